The summed E-state index contributed by atoms with van der Waals surface area (Å²) in [7, 11) is 0. The van der Waals surface area contributed by atoms with Gasteiger partial charge in [0.25, 0.3) is 11.1 Å². The maximum Gasteiger partial charge on any atom is 0.339 e. The van der Waals surface area contributed by atoms with Gasteiger partial charge in [0.15, 0.2) is 11.5 Å². The minimum atomic E-state index is -0.631. The lowest BCUT2D eigenvalue weighted by molar-refractivity contribution is -0.127. The van der Waals surface area contributed by atoms with E-state index in [9.17, 15) is 19.2 Å². The van der Waals surface area contributed by atoms with Crippen LogP contribution in [0, 0.1) is 0 Å². The van der Waals surface area contributed by atoms with Gasteiger partial charge in [-0.25, -0.2) is 4.79 Å². The third-order valence-corrected chi connectivity index (χ3v) is 6.81. The quantitative estimate of drug-likeness (QED) is 0.170. The molecule has 2 aromatic rings. The first kappa shape index (κ1) is 30.3. The normalized spacial score (nSPS) is 14.1. The number of nitrogens with one attached hydrogen (secondary N) is 1. The van der Waals surface area contributed by atoms with Crippen molar-refractivity contribution in [3.63, 3.8) is 0 Å². The van der Waals surface area contributed by atoms with E-state index in [4.69, 9.17) is 37.4 Å². The predicted octanol–water partition coefficient (Wildman–Crippen LogP) is 6.42. The van der Waals surface area contributed by atoms with Crippen LogP contribution < -0.4 is 14.8 Å². The maximum atomic E-state index is 13.0. The number of benzene rings is 2. The van der Waals surface area contributed by atoms with E-state index in [2.05, 4.69) is 5.32 Å². The van der Waals surface area contributed by atoms with Crippen molar-refractivity contribution in [1.29, 1.82) is 0 Å². The molecule has 0 aromatic heterocycles. The molecule has 39 heavy (non-hydrogen) atoms. The second-order valence-electron chi connectivity index (χ2n) is 8.20. The van der Waals surface area contributed by atoms with Crippen LogP contribution >= 0.6 is 35.0 Å². The molecular formula is C27H28Cl2N2O7S. The highest BCUT2D eigenvalue weighted by Gasteiger charge is 2.36. The van der Waals surface area contributed by atoms with Crippen molar-refractivity contribution in [2.45, 2.75) is 33.6 Å². The van der Waals surface area contributed by atoms with Crippen molar-refractivity contribution < 1.29 is 33.4 Å². The first-order valence-corrected chi connectivity index (χ1v) is 13.9. The molecule has 1 fully saturated rings. The number of hydrogen-bond donors (Lipinski definition) is 1. The Morgan fingerprint density at radius 1 is 1.03 bits per heavy atom. The first-order valence-electron chi connectivity index (χ1n) is 12.3. The van der Waals surface area contributed by atoms with Crippen LogP contribution in [-0.4, -0.2) is 54.3 Å². The number of carbonyl (C=O) groups is 4. The Kier molecular flexibility index (Phi) is 11.1. The van der Waals surface area contributed by atoms with Crippen molar-refractivity contribution >= 4 is 69.8 Å². The molecule has 0 radical (unpaired) electrons. The van der Waals surface area contributed by atoms with E-state index in [1.165, 1.54) is 24.3 Å². The van der Waals surface area contributed by atoms with E-state index in [1.54, 1.807) is 12.1 Å². The molecular weight excluding hydrogens is 567 g/mol. The highest BCUT2D eigenvalue weighted by Crippen LogP contribution is 2.39. The Hall–Kier alpha value is -3.21. The van der Waals surface area contributed by atoms with Crippen molar-refractivity contribution in [1.82, 2.24) is 4.90 Å². The first-order chi connectivity index (χ1) is 18.7. The highest BCUT2D eigenvalue weighted by molar-refractivity contribution is 8.18. The smallest absolute Gasteiger partial charge is 0.339 e. The average molecular weight is 596 g/mol. The maximum absolute atomic E-state index is 13.0. The van der Waals surface area contributed by atoms with Gasteiger partial charge in [-0.2, -0.15) is 0 Å². The van der Waals surface area contributed by atoms with E-state index in [0.29, 0.717) is 53.5 Å². The number of halogens is 2. The van der Waals surface area contributed by atoms with Gasteiger partial charge in [-0.3, -0.25) is 19.3 Å². The highest BCUT2D eigenvalue weighted by atomic mass is 35.5. The number of hydrogen-bond acceptors (Lipinski definition) is 8. The molecule has 1 aliphatic rings. The summed E-state index contributed by atoms with van der Waals surface area (Å²) in [5.41, 5.74) is 0.892. The number of thioether (sulfide) groups is 1. The second-order valence-corrected chi connectivity index (χ2v) is 10.0. The Morgan fingerprint density at radius 2 is 1.77 bits per heavy atom. The largest absolute Gasteiger partial charge is 0.490 e. The zero-order valence-corrected chi connectivity index (χ0v) is 24.0. The molecule has 2 aromatic carbocycles. The molecule has 0 bridgehead atoms. The molecule has 3 rings (SSSR count). The molecule has 12 heteroatoms. The van der Waals surface area contributed by atoms with Crippen molar-refractivity contribution in [3.05, 3.63) is 56.4 Å². The Morgan fingerprint density at radius 3 is 2.46 bits per heavy atom. The van der Waals surface area contributed by atoms with E-state index in [-0.39, 0.29) is 27.8 Å². The second kappa shape index (κ2) is 14.3. The van der Waals surface area contributed by atoms with E-state index >= 15 is 0 Å². The number of nitrogens with zero attached hydrogens (tertiary/aromatic N) is 1. The van der Waals surface area contributed by atoms with E-state index < -0.39 is 29.6 Å². The summed E-state index contributed by atoms with van der Waals surface area (Å²) in [6.45, 7) is 6.11. The zero-order chi connectivity index (χ0) is 28.5. The van der Waals surface area contributed by atoms with Crippen LogP contribution in [0.2, 0.25) is 10.0 Å². The fourth-order valence-electron chi connectivity index (χ4n) is 3.50. The molecule has 0 atom stereocenters. The van der Waals surface area contributed by atoms with Crippen LogP contribution in [0.5, 0.6) is 11.5 Å². The number of ether oxygens (including phenoxy) is 3. The van der Waals surface area contributed by atoms with Crippen molar-refractivity contribution in [2.24, 2.45) is 0 Å². The van der Waals surface area contributed by atoms with Crippen LogP contribution in [0.4, 0.5) is 10.5 Å². The fraction of sp³-hybridized carbons (Fsp3) is 0.333. The number of carbonyl (C=O) groups excluding carboxylic acids is 4. The molecule has 1 heterocycles. The standard InChI is InChI=1S/C27H28Cl2N2O7S/c1-4-7-10-38-26(34)18-14-17(8-9-19(18)28)30-23(32)15-31-25(33)22(39-27(31)35)13-16-11-20(29)24(37-6-3)21(12-16)36-5-2/h8-9,11-14H,4-7,10,15H2,1-3H3,(H,30,32)/b22-13+. The summed E-state index contributed by atoms with van der Waals surface area (Å²) in [6.07, 6.45) is 3.08. The number of esters is 1. The van der Waals surface area contributed by atoms with Gasteiger partial charge in [0.2, 0.25) is 5.91 Å². The van der Waals surface area contributed by atoms with Crippen LogP contribution in [0.1, 0.15) is 49.5 Å². The number of imide groups is 1. The Balaban J connectivity index is 1.71. The van der Waals surface area contributed by atoms with Gasteiger partial charge in [0.05, 0.1) is 40.3 Å². The predicted molar refractivity (Wildman–Crippen MR) is 152 cm³/mol. The summed E-state index contributed by atoms with van der Waals surface area (Å²) in [4.78, 5) is 51.5. The number of rotatable bonds is 12. The number of anilines is 1. The molecule has 0 aliphatic carbocycles. The zero-order valence-electron chi connectivity index (χ0n) is 21.7. The van der Waals surface area contributed by atoms with Gasteiger partial charge in [-0.15, -0.1) is 0 Å². The Labute approximate surface area is 240 Å². The summed E-state index contributed by atoms with van der Waals surface area (Å²) in [6, 6.07) is 7.60. The molecule has 1 aliphatic heterocycles. The SMILES string of the molecule is CCCCOC(=O)c1cc(NC(=O)CN2C(=O)S/C(=C/c3cc(Cl)c(OCC)c(OCC)c3)C2=O)ccc1Cl. The topological polar surface area (TPSA) is 111 Å². The third-order valence-electron chi connectivity index (χ3n) is 5.29. The molecule has 0 unspecified atom stereocenters. The van der Waals surface area contributed by atoms with E-state index in [0.717, 1.165) is 11.3 Å². The van der Waals surface area contributed by atoms with Gasteiger partial charge >= 0.3 is 5.97 Å². The summed E-state index contributed by atoms with van der Waals surface area (Å²) in [5, 5.41) is 2.46. The minimum absolute atomic E-state index is 0.0973. The van der Waals surface area contributed by atoms with Crippen LogP contribution in [0.15, 0.2) is 35.2 Å². The molecule has 9 nitrogen and oxygen atoms in total. The summed E-state index contributed by atoms with van der Waals surface area (Å²) >= 11 is 13.2. The molecule has 1 N–H and O–H groups in total. The third kappa shape index (κ3) is 7.90. The lowest BCUT2D eigenvalue weighted by Crippen LogP contribution is -2.36. The Bertz CT molecular complexity index is 1300. The molecule has 0 spiro atoms. The lowest BCUT2D eigenvalue weighted by atomic mass is 10.1. The van der Waals surface area contributed by atoms with Crippen LogP contribution in [-0.2, 0) is 14.3 Å². The molecule has 208 valence electrons. The minimum Gasteiger partial charge on any atom is -0.490 e. The average Bonchev–Trinajstić information content (AvgIpc) is 3.14. The van der Waals surface area contributed by atoms with Gasteiger partial charge in [0.1, 0.15) is 6.54 Å². The summed E-state index contributed by atoms with van der Waals surface area (Å²) in [5.74, 6) is -1.06. The molecule has 3 amide bonds. The van der Waals surface area contributed by atoms with E-state index in [1.807, 2.05) is 20.8 Å². The number of amides is 3. The summed E-state index contributed by atoms with van der Waals surface area (Å²) < 4.78 is 16.3. The number of unbranched alkanes of at least 4 members (excludes halogenated alkanes) is 1. The molecule has 0 saturated carbocycles. The monoisotopic (exact) mass is 594 g/mol. The van der Waals surface area contributed by atoms with Crippen LogP contribution in [0.25, 0.3) is 6.08 Å². The van der Waals surface area contributed by atoms with Gasteiger partial charge < -0.3 is 19.5 Å². The van der Waals surface area contributed by atoms with Crippen molar-refractivity contribution in [2.75, 3.05) is 31.7 Å². The van der Waals surface area contributed by atoms with Gasteiger partial charge in [0, 0.05) is 5.69 Å². The van der Waals surface area contributed by atoms with Gasteiger partial charge in [-0.1, -0.05) is 36.5 Å². The molecule has 1 saturated heterocycles. The fourth-order valence-corrected chi connectivity index (χ4v) is 4.80. The van der Waals surface area contributed by atoms with Gasteiger partial charge in [-0.05, 0) is 74.0 Å². The van der Waals surface area contributed by atoms with Crippen molar-refractivity contribution in [3.8, 4) is 11.5 Å². The lowest BCUT2D eigenvalue weighted by Gasteiger charge is -2.14. The van der Waals surface area contributed by atoms with Crippen LogP contribution in [0.3, 0.4) is 0 Å².